The normalized spacial score (nSPS) is 26.1. The van der Waals surface area contributed by atoms with Gasteiger partial charge in [0.1, 0.15) is 0 Å². The maximum Gasteiger partial charge on any atom is 0.409 e. The monoisotopic (exact) mass is 214 g/mol. The Morgan fingerprint density at radius 1 is 1.53 bits per heavy atom. The molecule has 0 aromatic heterocycles. The molecule has 0 saturated heterocycles. The van der Waals surface area contributed by atoms with Gasteiger partial charge < -0.3 is 15.4 Å². The molecule has 1 rings (SSSR count). The van der Waals surface area contributed by atoms with Gasteiger partial charge in [-0.3, -0.25) is 0 Å². The van der Waals surface area contributed by atoms with Crippen molar-refractivity contribution in [3.63, 3.8) is 0 Å². The molecule has 0 spiro atoms. The van der Waals surface area contributed by atoms with Crippen molar-refractivity contribution in [1.82, 2.24) is 4.90 Å². The number of hydrogen-bond acceptors (Lipinski definition) is 3. The first-order valence-electron chi connectivity index (χ1n) is 5.70. The predicted octanol–water partition coefficient (Wildman–Crippen LogP) is 1.59. The van der Waals surface area contributed by atoms with E-state index in [9.17, 15) is 4.79 Å². The number of rotatable bonds is 3. The Kier molecular flexibility index (Phi) is 4.88. The van der Waals surface area contributed by atoms with Gasteiger partial charge in [-0.05, 0) is 31.7 Å². The van der Waals surface area contributed by atoms with E-state index < -0.39 is 0 Å². The van der Waals surface area contributed by atoms with Crippen molar-refractivity contribution in [2.24, 2.45) is 11.7 Å². The van der Waals surface area contributed by atoms with Crippen LogP contribution < -0.4 is 5.73 Å². The zero-order valence-electron chi connectivity index (χ0n) is 9.74. The molecule has 0 radical (unpaired) electrons. The number of nitrogens with two attached hydrogens (primary N) is 1. The predicted molar refractivity (Wildman–Crippen MR) is 59.6 cm³/mol. The molecular formula is C11H22N2O2. The molecule has 2 N–H and O–H groups in total. The summed E-state index contributed by atoms with van der Waals surface area (Å²) in [5.41, 5.74) is 5.56. The third kappa shape index (κ3) is 3.38. The minimum atomic E-state index is -0.228. The lowest BCUT2D eigenvalue weighted by atomic mass is 9.83. The van der Waals surface area contributed by atoms with E-state index in [1.807, 2.05) is 7.05 Å². The van der Waals surface area contributed by atoms with E-state index in [1.54, 1.807) is 4.90 Å². The van der Waals surface area contributed by atoms with Crippen molar-refractivity contribution in [3.05, 3.63) is 0 Å². The highest BCUT2D eigenvalue weighted by Gasteiger charge is 2.27. The number of carbonyl (C=O) groups is 1. The summed E-state index contributed by atoms with van der Waals surface area (Å²) in [6.07, 6.45) is 5.45. The summed E-state index contributed by atoms with van der Waals surface area (Å²) in [5.74, 6) is 0.681. The van der Waals surface area contributed by atoms with Crippen molar-refractivity contribution in [3.8, 4) is 0 Å². The highest BCUT2D eigenvalue weighted by atomic mass is 16.5. The van der Waals surface area contributed by atoms with E-state index in [4.69, 9.17) is 10.5 Å². The lowest BCUT2D eigenvalue weighted by Gasteiger charge is -2.34. The van der Waals surface area contributed by atoms with Crippen LogP contribution in [0.2, 0.25) is 0 Å². The van der Waals surface area contributed by atoms with Gasteiger partial charge in [0.15, 0.2) is 0 Å². The fourth-order valence-electron chi connectivity index (χ4n) is 2.41. The largest absolute Gasteiger partial charge is 0.453 e. The quantitative estimate of drug-likeness (QED) is 0.776. The van der Waals surface area contributed by atoms with Crippen LogP contribution in [0.4, 0.5) is 4.79 Å². The zero-order chi connectivity index (χ0) is 11.3. The fourth-order valence-corrected chi connectivity index (χ4v) is 2.41. The van der Waals surface area contributed by atoms with Crippen molar-refractivity contribution < 1.29 is 9.53 Å². The second-order valence-electron chi connectivity index (χ2n) is 4.34. The number of hydrogen-bond donors (Lipinski definition) is 1. The molecule has 2 atom stereocenters. The highest BCUT2D eigenvalue weighted by Crippen LogP contribution is 2.29. The summed E-state index contributed by atoms with van der Waals surface area (Å²) in [5, 5.41) is 0. The molecule has 1 aliphatic carbocycles. The first kappa shape index (κ1) is 12.3. The molecule has 4 nitrogen and oxygen atoms in total. The third-order valence-electron chi connectivity index (χ3n) is 3.34. The lowest BCUT2D eigenvalue weighted by Crippen LogP contribution is -2.40. The molecule has 1 aliphatic rings. The smallest absolute Gasteiger partial charge is 0.409 e. The van der Waals surface area contributed by atoms with Gasteiger partial charge in [-0.2, -0.15) is 0 Å². The van der Waals surface area contributed by atoms with Gasteiger partial charge in [0.25, 0.3) is 0 Å². The number of nitrogens with zero attached hydrogens (tertiary/aromatic N) is 1. The van der Waals surface area contributed by atoms with Crippen LogP contribution in [0.25, 0.3) is 0 Å². The Hall–Kier alpha value is -0.770. The summed E-state index contributed by atoms with van der Waals surface area (Å²) >= 11 is 0. The Morgan fingerprint density at radius 2 is 2.27 bits per heavy atom. The molecule has 4 heteroatoms. The molecule has 0 bridgehead atoms. The van der Waals surface area contributed by atoms with E-state index in [-0.39, 0.29) is 6.09 Å². The molecule has 0 aromatic rings. The minimum absolute atomic E-state index is 0.228. The molecule has 15 heavy (non-hydrogen) atoms. The standard InChI is InChI=1S/C11H22N2O2/c1-13(11(14)15-2)10-5-3-4-9(8-10)6-7-12/h9-10H,3-8,12H2,1-2H3. The fraction of sp³-hybridized carbons (Fsp3) is 0.909. The van der Waals surface area contributed by atoms with Gasteiger partial charge >= 0.3 is 6.09 Å². The van der Waals surface area contributed by atoms with Crippen LogP contribution in [0.3, 0.4) is 0 Å². The second kappa shape index (κ2) is 5.95. The Labute approximate surface area is 91.8 Å². The van der Waals surface area contributed by atoms with Gasteiger partial charge in [-0.1, -0.05) is 12.8 Å². The average Bonchev–Trinajstić information content (AvgIpc) is 2.28. The summed E-state index contributed by atoms with van der Waals surface area (Å²) in [6, 6.07) is 0.336. The second-order valence-corrected chi connectivity index (χ2v) is 4.34. The highest BCUT2D eigenvalue weighted by molar-refractivity contribution is 5.67. The molecule has 0 aliphatic heterocycles. The maximum absolute atomic E-state index is 11.4. The van der Waals surface area contributed by atoms with Crippen LogP contribution in [0.15, 0.2) is 0 Å². The number of carbonyl (C=O) groups excluding carboxylic acids is 1. The molecular weight excluding hydrogens is 192 g/mol. The van der Waals surface area contributed by atoms with Crippen molar-refractivity contribution in [2.75, 3.05) is 20.7 Å². The van der Waals surface area contributed by atoms with Crippen LogP contribution in [-0.2, 0) is 4.74 Å². The average molecular weight is 214 g/mol. The van der Waals surface area contributed by atoms with Crippen molar-refractivity contribution >= 4 is 6.09 Å². The lowest BCUT2D eigenvalue weighted by molar-refractivity contribution is 0.0984. The van der Waals surface area contributed by atoms with Crippen LogP contribution in [0, 0.1) is 5.92 Å². The number of methoxy groups -OCH3 is 1. The van der Waals surface area contributed by atoms with E-state index in [2.05, 4.69) is 0 Å². The van der Waals surface area contributed by atoms with E-state index in [0.717, 1.165) is 25.8 Å². The first-order valence-corrected chi connectivity index (χ1v) is 5.70. The summed E-state index contributed by atoms with van der Waals surface area (Å²) < 4.78 is 4.72. The number of ether oxygens (including phenoxy) is 1. The molecule has 1 amide bonds. The minimum Gasteiger partial charge on any atom is -0.453 e. The van der Waals surface area contributed by atoms with Crippen LogP contribution >= 0.6 is 0 Å². The first-order chi connectivity index (χ1) is 7.19. The van der Waals surface area contributed by atoms with Crippen molar-refractivity contribution in [1.29, 1.82) is 0 Å². The van der Waals surface area contributed by atoms with Crippen LogP contribution in [0.5, 0.6) is 0 Å². The molecule has 0 aromatic carbocycles. The topological polar surface area (TPSA) is 55.6 Å². The zero-order valence-corrected chi connectivity index (χ0v) is 9.74. The van der Waals surface area contributed by atoms with E-state index in [0.29, 0.717) is 12.0 Å². The summed E-state index contributed by atoms with van der Waals surface area (Å²) in [4.78, 5) is 13.1. The van der Waals surface area contributed by atoms with Gasteiger partial charge in [0, 0.05) is 13.1 Å². The molecule has 1 fully saturated rings. The summed E-state index contributed by atoms with van der Waals surface area (Å²) in [6.45, 7) is 0.749. The van der Waals surface area contributed by atoms with E-state index in [1.165, 1.54) is 20.0 Å². The van der Waals surface area contributed by atoms with Crippen molar-refractivity contribution in [2.45, 2.75) is 38.1 Å². The van der Waals surface area contributed by atoms with Gasteiger partial charge in [0.05, 0.1) is 7.11 Å². The van der Waals surface area contributed by atoms with Crippen LogP contribution in [-0.4, -0.2) is 37.7 Å². The Balaban J connectivity index is 2.44. The molecule has 2 unspecified atom stereocenters. The maximum atomic E-state index is 11.4. The van der Waals surface area contributed by atoms with Gasteiger partial charge in [-0.15, -0.1) is 0 Å². The Bertz CT molecular complexity index is 207. The van der Waals surface area contributed by atoms with Gasteiger partial charge in [0.2, 0.25) is 0 Å². The molecule has 1 saturated carbocycles. The Morgan fingerprint density at radius 3 is 2.87 bits per heavy atom. The van der Waals surface area contributed by atoms with Gasteiger partial charge in [-0.25, -0.2) is 4.79 Å². The third-order valence-corrected chi connectivity index (χ3v) is 3.34. The SMILES string of the molecule is COC(=O)N(C)C1CCCC(CCN)C1. The summed E-state index contributed by atoms with van der Waals surface area (Å²) in [7, 11) is 3.25. The molecule has 0 heterocycles. The number of amides is 1. The molecule has 88 valence electrons. The van der Waals surface area contributed by atoms with Crippen LogP contribution in [0.1, 0.15) is 32.1 Å². The van der Waals surface area contributed by atoms with E-state index >= 15 is 0 Å².